The number of rotatable bonds is 5. The highest BCUT2D eigenvalue weighted by molar-refractivity contribution is 5.99. The molecule has 0 aromatic rings. The van der Waals surface area contributed by atoms with Gasteiger partial charge < -0.3 is 15.5 Å². The Hall–Kier alpha value is -2.25. The van der Waals surface area contributed by atoms with E-state index in [1.807, 2.05) is 13.8 Å². The van der Waals surface area contributed by atoms with E-state index in [0.29, 0.717) is 30.7 Å². The van der Waals surface area contributed by atoms with Crippen molar-refractivity contribution in [3.63, 3.8) is 0 Å². The zero-order valence-electron chi connectivity index (χ0n) is 14.5. The van der Waals surface area contributed by atoms with Crippen LogP contribution in [0.25, 0.3) is 0 Å². The quantitative estimate of drug-likeness (QED) is 0.567. The molecule has 8 heteroatoms. The van der Waals surface area contributed by atoms with Gasteiger partial charge in [-0.15, -0.1) is 0 Å². The number of fused-ring (bicyclic) bond motifs is 1. The third kappa shape index (κ3) is 3.17. The van der Waals surface area contributed by atoms with Gasteiger partial charge in [-0.25, -0.2) is 0 Å². The summed E-state index contributed by atoms with van der Waals surface area (Å²) in [4.78, 5) is 50.2. The van der Waals surface area contributed by atoms with Crippen LogP contribution >= 0.6 is 0 Å². The number of likely N-dealkylation sites (tertiary alicyclic amines) is 2. The minimum absolute atomic E-state index is 0.0450. The second-order valence-corrected chi connectivity index (χ2v) is 7.54. The second kappa shape index (κ2) is 6.57. The van der Waals surface area contributed by atoms with Crippen LogP contribution in [-0.4, -0.2) is 58.7 Å². The molecule has 3 rings (SSSR count). The Morgan fingerprint density at radius 3 is 2.48 bits per heavy atom. The molecule has 2 heterocycles. The molecular weight excluding hydrogens is 324 g/mol. The van der Waals surface area contributed by atoms with E-state index in [2.05, 4.69) is 5.18 Å². The molecule has 2 aliphatic heterocycles. The first kappa shape index (κ1) is 17.6. The molecule has 136 valence electrons. The van der Waals surface area contributed by atoms with E-state index < -0.39 is 11.9 Å². The van der Waals surface area contributed by atoms with Crippen LogP contribution in [0.2, 0.25) is 0 Å². The zero-order valence-corrected chi connectivity index (χ0v) is 14.5. The number of carbonyl (C=O) groups is 3. The lowest BCUT2D eigenvalue weighted by Crippen LogP contribution is -2.46. The monoisotopic (exact) mass is 348 g/mol. The van der Waals surface area contributed by atoms with Crippen LogP contribution < -0.4 is 5.73 Å². The molecular formula is C17H24N4O4. The van der Waals surface area contributed by atoms with Crippen molar-refractivity contribution in [1.82, 2.24) is 9.80 Å². The molecule has 0 aromatic heterocycles. The Bertz CT molecular complexity index is 634. The number of nitrogens with zero attached hydrogens (tertiary/aromatic N) is 3. The molecule has 0 bridgehead atoms. The fourth-order valence-corrected chi connectivity index (χ4v) is 4.47. The Balaban J connectivity index is 1.66. The Morgan fingerprint density at radius 2 is 1.84 bits per heavy atom. The molecule has 8 nitrogen and oxygen atoms in total. The molecule has 0 spiro atoms. The highest BCUT2D eigenvalue weighted by Crippen LogP contribution is 2.53. The van der Waals surface area contributed by atoms with E-state index in [1.165, 1.54) is 17.1 Å². The molecule has 0 aromatic carbocycles. The van der Waals surface area contributed by atoms with E-state index in [9.17, 15) is 19.3 Å². The highest BCUT2D eigenvalue weighted by Gasteiger charge is 2.60. The Morgan fingerprint density at radius 1 is 1.16 bits per heavy atom. The van der Waals surface area contributed by atoms with Crippen LogP contribution in [0.5, 0.6) is 0 Å². The van der Waals surface area contributed by atoms with Crippen molar-refractivity contribution in [1.29, 1.82) is 0 Å². The summed E-state index contributed by atoms with van der Waals surface area (Å²) in [5.41, 5.74) is 5.40. The second-order valence-electron chi connectivity index (χ2n) is 7.54. The molecule has 6 atom stereocenters. The molecule has 1 saturated carbocycles. The van der Waals surface area contributed by atoms with E-state index in [4.69, 9.17) is 5.73 Å². The maximum absolute atomic E-state index is 12.5. The molecule has 3 aliphatic rings. The van der Waals surface area contributed by atoms with Crippen LogP contribution in [0, 0.1) is 22.7 Å². The van der Waals surface area contributed by atoms with Crippen molar-refractivity contribution in [3.8, 4) is 0 Å². The SMILES string of the molecule is C[C@@H]1CC(CN=O)N(C(=O)/C=C/C(=O)N2C(C(N)=O)CC3C2[C@H]3C)C1. The summed E-state index contributed by atoms with van der Waals surface area (Å²) >= 11 is 0. The standard InChI is InChI=1S/C17H24N4O4/c1-9-5-11(7-19-25)20(8-9)14(22)3-4-15(23)21-13(17(18)24)6-12-10(2)16(12)21/h3-4,9-13,16H,5-8H2,1-2H3,(H2,18,24)/b4-3+/t9-,10+,11?,12?,13?,16?/m1/s1. The number of nitroso groups, excluding NO2 is 1. The molecule has 2 N–H and O–H groups in total. The van der Waals surface area contributed by atoms with E-state index in [1.54, 1.807) is 4.90 Å². The lowest BCUT2D eigenvalue weighted by molar-refractivity contribution is -0.135. The van der Waals surface area contributed by atoms with E-state index >= 15 is 0 Å². The van der Waals surface area contributed by atoms with Crippen molar-refractivity contribution in [2.45, 2.75) is 44.8 Å². The molecule has 25 heavy (non-hydrogen) atoms. The highest BCUT2D eigenvalue weighted by atomic mass is 16.3. The average Bonchev–Trinajstić information content (AvgIpc) is 2.91. The number of hydrogen-bond acceptors (Lipinski definition) is 5. The minimum atomic E-state index is -0.586. The lowest BCUT2D eigenvalue weighted by atomic mass is 10.1. The van der Waals surface area contributed by atoms with Crippen LogP contribution in [0.3, 0.4) is 0 Å². The van der Waals surface area contributed by atoms with Crippen LogP contribution in [0.1, 0.15) is 26.7 Å². The van der Waals surface area contributed by atoms with Crippen molar-refractivity contribution >= 4 is 17.7 Å². The van der Waals surface area contributed by atoms with Crippen molar-refractivity contribution in [2.75, 3.05) is 13.1 Å². The molecule has 2 saturated heterocycles. The third-order valence-electron chi connectivity index (χ3n) is 5.81. The minimum Gasteiger partial charge on any atom is -0.368 e. The van der Waals surface area contributed by atoms with Crippen LogP contribution in [0.4, 0.5) is 0 Å². The number of primary amides is 1. The van der Waals surface area contributed by atoms with Gasteiger partial charge in [0, 0.05) is 24.7 Å². The van der Waals surface area contributed by atoms with Gasteiger partial charge in [-0.1, -0.05) is 19.0 Å². The molecule has 3 amide bonds. The summed E-state index contributed by atoms with van der Waals surface area (Å²) in [5.74, 6) is -0.171. The average molecular weight is 348 g/mol. The summed E-state index contributed by atoms with van der Waals surface area (Å²) in [6, 6.07) is -0.751. The maximum Gasteiger partial charge on any atom is 0.247 e. The van der Waals surface area contributed by atoms with Gasteiger partial charge in [0.15, 0.2) is 0 Å². The number of nitrogens with two attached hydrogens (primary N) is 1. The Labute approximate surface area is 146 Å². The van der Waals surface area contributed by atoms with Gasteiger partial charge in [-0.3, -0.25) is 14.4 Å². The first-order chi connectivity index (χ1) is 11.8. The zero-order chi connectivity index (χ0) is 18.3. The first-order valence-corrected chi connectivity index (χ1v) is 8.74. The van der Waals surface area contributed by atoms with Gasteiger partial charge >= 0.3 is 0 Å². The van der Waals surface area contributed by atoms with Gasteiger partial charge in [-0.05, 0) is 30.6 Å². The van der Waals surface area contributed by atoms with Crippen molar-refractivity contribution in [3.05, 3.63) is 17.1 Å². The predicted molar refractivity (Wildman–Crippen MR) is 90.0 cm³/mol. The summed E-state index contributed by atoms with van der Waals surface area (Å²) < 4.78 is 0. The summed E-state index contributed by atoms with van der Waals surface area (Å²) in [5, 5.41) is 2.90. The lowest BCUT2D eigenvalue weighted by Gasteiger charge is -2.25. The summed E-state index contributed by atoms with van der Waals surface area (Å²) in [6.45, 7) is 4.67. The summed E-state index contributed by atoms with van der Waals surface area (Å²) in [6.07, 6.45) is 3.79. The number of amides is 3. The van der Waals surface area contributed by atoms with Gasteiger partial charge in [-0.2, -0.15) is 4.91 Å². The molecule has 3 fully saturated rings. The maximum atomic E-state index is 12.5. The summed E-state index contributed by atoms with van der Waals surface area (Å²) in [7, 11) is 0. The van der Waals surface area contributed by atoms with Crippen molar-refractivity contribution < 1.29 is 14.4 Å². The number of hydrogen-bond donors (Lipinski definition) is 1. The third-order valence-corrected chi connectivity index (χ3v) is 5.81. The first-order valence-electron chi connectivity index (χ1n) is 8.74. The van der Waals surface area contributed by atoms with E-state index in [-0.39, 0.29) is 30.4 Å². The molecule has 1 aliphatic carbocycles. The fourth-order valence-electron chi connectivity index (χ4n) is 4.47. The van der Waals surface area contributed by atoms with Gasteiger partial charge in [0.25, 0.3) is 0 Å². The Kier molecular flexibility index (Phi) is 4.62. The van der Waals surface area contributed by atoms with Gasteiger partial charge in [0.2, 0.25) is 17.7 Å². The number of carbonyl (C=O) groups excluding carboxylic acids is 3. The largest absolute Gasteiger partial charge is 0.368 e. The van der Waals surface area contributed by atoms with Gasteiger partial charge in [0.05, 0.1) is 6.04 Å². The van der Waals surface area contributed by atoms with Gasteiger partial charge in [0.1, 0.15) is 12.6 Å². The topological polar surface area (TPSA) is 113 Å². The van der Waals surface area contributed by atoms with Crippen LogP contribution in [0.15, 0.2) is 17.3 Å². The molecule has 0 radical (unpaired) electrons. The smallest absolute Gasteiger partial charge is 0.247 e. The van der Waals surface area contributed by atoms with E-state index in [0.717, 1.165) is 6.42 Å². The van der Waals surface area contributed by atoms with Crippen molar-refractivity contribution in [2.24, 2.45) is 28.7 Å². The molecule has 4 unspecified atom stereocenters. The fraction of sp³-hybridized carbons (Fsp3) is 0.706. The van der Waals surface area contributed by atoms with Crippen LogP contribution in [-0.2, 0) is 14.4 Å². The normalized spacial score (nSPS) is 36.6. The predicted octanol–water partition coefficient (Wildman–Crippen LogP) is 0.267. The number of piperidine rings is 1.